The summed E-state index contributed by atoms with van der Waals surface area (Å²) in [5.41, 5.74) is -12.9. The van der Waals surface area contributed by atoms with Crippen molar-refractivity contribution >= 4 is 23.9 Å². The molecule has 16 heteroatoms. The van der Waals surface area contributed by atoms with E-state index in [4.69, 9.17) is 20.4 Å². The van der Waals surface area contributed by atoms with Crippen molar-refractivity contribution in [1.29, 1.82) is 0 Å². The first kappa shape index (κ1) is 22.9. The molecule has 4 N–H and O–H groups in total. The molecule has 0 radical (unpaired) electrons. The van der Waals surface area contributed by atoms with Gasteiger partial charge in [0, 0.05) is 0 Å². The molecule has 0 saturated carbocycles. The second kappa shape index (κ2) is 6.79. The van der Waals surface area contributed by atoms with E-state index in [1.807, 2.05) is 0 Å². The monoisotopic (exact) mass is 424 g/mol. The molecule has 2 atom stereocenters. The summed E-state index contributed by atoms with van der Waals surface area (Å²) >= 11 is 0. The number of carboxylic acids is 4. The maximum Gasteiger partial charge on any atom is 0.524 e. The number of carbonyl (C=O) groups is 4. The van der Waals surface area contributed by atoms with E-state index in [0.29, 0.717) is 0 Å². The Labute approximate surface area is 147 Å². The summed E-state index contributed by atoms with van der Waals surface area (Å²) < 4.78 is 82.1. The topological polar surface area (TPSA) is 168 Å². The third-order valence-corrected chi connectivity index (χ3v) is 3.15. The molecular weight excluding hydrogens is 418 g/mol. The minimum Gasteiger partial charge on any atom is -0.479 e. The molecule has 0 aromatic carbocycles. The SMILES string of the molecule is O=C(O)C1=CC(OC(F)(F)F)(C(=O)O)C(C(=O)O)=CC1(OC(F)(F)F)C(=O)O. The van der Waals surface area contributed by atoms with Gasteiger partial charge in [-0.1, -0.05) is 0 Å². The third-order valence-electron chi connectivity index (χ3n) is 3.15. The minimum absolute atomic E-state index is 0.742. The van der Waals surface area contributed by atoms with Crippen molar-refractivity contribution in [1.82, 2.24) is 0 Å². The maximum absolute atomic E-state index is 12.6. The second-order valence-electron chi connectivity index (χ2n) is 4.90. The maximum atomic E-state index is 12.6. The van der Waals surface area contributed by atoms with Gasteiger partial charge in [-0.25, -0.2) is 19.2 Å². The average molecular weight is 424 g/mol. The van der Waals surface area contributed by atoms with E-state index in [-0.39, 0.29) is 0 Å². The van der Waals surface area contributed by atoms with Crippen LogP contribution in [0.3, 0.4) is 0 Å². The molecule has 2 unspecified atom stereocenters. The van der Waals surface area contributed by atoms with Crippen LogP contribution in [0.5, 0.6) is 0 Å². The highest BCUT2D eigenvalue weighted by Crippen LogP contribution is 2.44. The Balaban J connectivity index is 4.02. The number of hydrogen-bond acceptors (Lipinski definition) is 6. The van der Waals surface area contributed by atoms with Crippen molar-refractivity contribution in [3.63, 3.8) is 0 Å². The summed E-state index contributed by atoms with van der Waals surface area (Å²) in [5, 5.41) is 36.0. The van der Waals surface area contributed by atoms with Gasteiger partial charge in [0.05, 0.1) is 11.1 Å². The van der Waals surface area contributed by atoms with Crippen LogP contribution >= 0.6 is 0 Å². The fourth-order valence-electron chi connectivity index (χ4n) is 2.19. The van der Waals surface area contributed by atoms with Gasteiger partial charge in [-0.2, -0.15) is 0 Å². The molecule has 1 aliphatic carbocycles. The van der Waals surface area contributed by atoms with E-state index < -0.39 is 71.1 Å². The van der Waals surface area contributed by atoms with Gasteiger partial charge in [-0.15, -0.1) is 26.3 Å². The summed E-state index contributed by atoms with van der Waals surface area (Å²) in [7, 11) is 0. The van der Waals surface area contributed by atoms with E-state index in [1.54, 1.807) is 0 Å². The summed E-state index contributed by atoms with van der Waals surface area (Å²) in [6.45, 7) is 0. The molecule has 1 aliphatic rings. The number of hydrogen-bond donors (Lipinski definition) is 4. The molecule has 0 fully saturated rings. The van der Waals surface area contributed by atoms with Crippen molar-refractivity contribution in [3.8, 4) is 0 Å². The molecule has 1 rings (SSSR count). The van der Waals surface area contributed by atoms with Crippen LogP contribution in [0.2, 0.25) is 0 Å². The molecule has 0 bridgehead atoms. The largest absolute Gasteiger partial charge is 0.524 e. The lowest BCUT2D eigenvalue weighted by Crippen LogP contribution is -2.57. The highest BCUT2D eigenvalue weighted by atomic mass is 19.4. The van der Waals surface area contributed by atoms with Crippen LogP contribution in [-0.2, 0) is 28.7 Å². The van der Waals surface area contributed by atoms with Crippen LogP contribution in [0.1, 0.15) is 0 Å². The molecule has 0 aromatic rings. The van der Waals surface area contributed by atoms with Gasteiger partial charge in [0.15, 0.2) is 0 Å². The van der Waals surface area contributed by atoms with E-state index in [2.05, 4.69) is 9.47 Å². The van der Waals surface area contributed by atoms with E-state index in [1.165, 1.54) is 0 Å². The molecule has 156 valence electrons. The molecule has 0 aliphatic heterocycles. The Hall–Kier alpha value is -3.14. The molecule has 0 amide bonds. The van der Waals surface area contributed by atoms with Crippen molar-refractivity contribution < 1.29 is 75.4 Å². The average Bonchev–Trinajstić information content (AvgIpc) is 2.44. The normalized spacial score (nSPS) is 25.5. The molecule has 0 spiro atoms. The number of rotatable bonds is 6. The molecule has 28 heavy (non-hydrogen) atoms. The molecule has 0 aromatic heterocycles. The number of alkyl halides is 6. The van der Waals surface area contributed by atoms with Crippen molar-refractivity contribution in [3.05, 3.63) is 23.3 Å². The summed E-state index contributed by atoms with van der Waals surface area (Å²) in [5.74, 6) is -11.0. The molecular formula is C12H6F6O10. The molecule has 0 saturated heterocycles. The number of halogens is 6. The van der Waals surface area contributed by atoms with Crippen LogP contribution in [0, 0.1) is 0 Å². The van der Waals surface area contributed by atoms with E-state index in [0.717, 1.165) is 0 Å². The summed E-state index contributed by atoms with van der Waals surface area (Å²) in [6.07, 6.45) is -13.4. The second-order valence-corrected chi connectivity index (χ2v) is 4.90. The van der Waals surface area contributed by atoms with Gasteiger partial charge in [-0.3, -0.25) is 9.47 Å². The fraction of sp³-hybridized carbons (Fsp3) is 0.333. The predicted molar refractivity (Wildman–Crippen MR) is 66.5 cm³/mol. The van der Waals surface area contributed by atoms with Crippen molar-refractivity contribution in [2.75, 3.05) is 0 Å². The van der Waals surface area contributed by atoms with Gasteiger partial charge in [0.2, 0.25) is 11.2 Å². The number of ether oxygens (including phenoxy) is 2. The lowest BCUT2D eigenvalue weighted by Gasteiger charge is -2.37. The van der Waals surface area contributed by atoms with Crippen LogP contribution in [0.4, 0.5) is 26.3 Å². The smallest absolute Gasteiger partial charge is 0.479 e. The predicted octanol–water partition coefficient (Wildman–Crippen LogP) is 0.742. The fourth-order valence-corrected chi connectivity index (χ4v) is 2.19. The molecule has 0 heterocycles. The van der Waals surface area contributed by atoms with Crippen LogP contribution in [0.25, 0.3) is 0 Å². The van der Waals surface area contributed by atoms with E-state index >= 15 is 0 Å². The highest BCUT2D eigenvalue weighted by Gasteiger charge is 2.63. The number of aliphatic carboxylic acids is 4. The van der Waals surface area contributed by atoms with Gasteiger partial charge >= 0.3 is 36.6 Å². The first-order valence-electron chi connectivity index (χ1n) is 6.32. The quantitative estimate of drug-likeness (QED) is 0.447. The Kier molecular flexibility index (Phi) is 5.55. The first-order chi connectivity index (χ1) is 12.4. The van der Waals surface area contributed by atoms with Crippen molar-refractivity contribution in [2.24, 2.45) is 0 Å². The van der Waals surface area contributed by atoms with Gasteiger partial charge in [0.25, 0.3) is 0 Å². The van der Waals surface area contributed by atoms with Gasteiger partial charge < -0.3 is 20.4 Å². The third kappa shape index (κ3) is 4.22. The van der Waals surface area contributed by atoms with Crippen LogP contribution in [-0.4, -0.2) is 68.2 Å². The van der Waals surface area contributed by atoms with Gasteiger partial charge in [0.1, 0.15) is 0 Å². The Morgan fingerprint density at radius 1 is 0.679 bits per heavy atom. The summed E-state index contributed by atoms with van der Waals surface area (Å²) in [6, 6.07) is 0. The zero-order valence-electron chi connectivity index (χ0n) is 12.7. The van der Waals surface area contributed by atoms with Crippen molar-refractivity contribution in [2.45, 2.75) is 23.9 Å². The Morgan fingerprint density at radius 2 is 0.929 bits per heavy atom. The zero-order valence-corrected chi connectivity index (χ0v) is 12.7. The first-order valence-corrected chi connectivity index (χ1v) is 6.32. The highest BCUT2D eigenvalue weighted by molar-refractivity contribution is 6.08. The standard InChI is InChI=1S/C12H6F6O10/c13-11(14,15)27-9(7(23)24)1-3(5(19)20)10(8(25)26,28-12(16,17)18)2-4(9)6(21)22/h1-2H,(H,19,20)(H,21,22)(H,23,24)(H,25,26). The Morgan fingerprint density at radius 3 is 1.07 bits per heavy atom. The summed E-state index contributed by atoms with van der Waals surface area (Å²) in [4.78, 5) is 45.1. The lowest BCUT2D eigenvalue weighted by atomic mass is 9.76. The Bertz CT molecular complexity index is 728. The van der Waals surface area contributed by atoms with E-state index in [9.17, 15) is 45.5 Å². The molecule has 10 nitrogen and oxygen atoms in total. The van der Waals surface area contributed by atoms with Gasteiger partial charge in [-0.05, 0) is 12.2 Å². The minimum atomic E-state index is -5.94. The lowest BCUT2D eigenvalue weighted by molar-refractivity contribution is -0.355. The number of carboxylic acid groups (broad SMARTS) is 4. The zero-order chi connectivity index (χ0) is 22.3. The van der Waals surface area contributed by atoms with Crippen LogP contribution in [0.15, 0.2) is 23.3 Å². The van der Waals surface area contributed by atoms with Crippen LogP contribution < -0.4 is 0 Å².